The zero-order chi connectivity index (χ0) is 19.4. The van der Waals surface area contributed by atoms with Crippen LogP contribution in [0.15, 0.2) is 24.3 Å². The molecule has 0 bridgehead atoms. The Kier molecular flexibility index (Phi) is 6.11. The smallest absolute Gasteiger partial charge is 0.330 e. The van der Waals surface area contributed by atoms with E-state index in [0.717, 1.165) is 25.9 Å². The highest BCUT2D eigenvalue weighted by Gasteiger charge is 2.32. The fourth-order valence-electron chi connectivity index (χ4n) is 4.23. The number of carbonyl (C=O) groups is 1. The fraction of sp³-hybridized carbons (Fsp3) is 0.550. The summed E-state index contributed by atoms with van der Waals surface area (Å²) >= 11 is 0. The summed E-state index contributed by atoms with van der Waals surface area (Å²) in [5.74, 6) is -0.486. The van der Waals surface area contributed by atoms with Crippen molar-refractivity contribution < 1.29 is 14.5 Å². The lowest BCUT2D eigenvalue weighted by molar-refractivity contribution is -0.384. The molecule has 2 aliphatic heterocycles. The van der Waals surface area contributed by atoms with Crippen LogP contribution >= 0.6 is 0 Å². The SMILES string of the molecule is COC(=O)/C=C/c1ccc(N2CCC(N3CCCC3C)CC2)c([N+](=O)[O-])c1. The van der Waals surface area contributed by atoms with Gasteiger partial charge in [0.15, 0.2) is 0 Å². The van der Waals surface area contributed by atoms with Crippen molar-refractivity contribution in [2.45, 2.75) is 44.7 Å². The van der Waals surface area contributed by atoms with Crippen LogP contribution in [0.5, 0.6) is 0 Å². The molecule has 0 N–H and O–H groups in total. The van der Waals surface area contributed by atoms with E-state index >= 15 is 0 Å². The maximum atomic E-state index is 11.6. The molecular weight excluding hydrogens is 346 g/mol. The second-order valence-electron chi connectivity index (χ2n) is 7.31. The van der Waals surface area contributed by atoms with Crippen molar-refractivity contribution in [2.24, 2.45) is 0 Å². The van der Waals surface area contributed by atoms with Gasteiger partial charge in [0, 0.05) is 37.3 Å². The maximum Gasteiger partial charge on any atom is 0.330 e. The molecular formula is C20H27N3O4. The lowest BCUT2D eigenvalue weighted by Crippen LogP contribution is -2.46. The fourth-order valence-corrected chi connectivity index (χ4v) is 4.23. The van der Waals surface area contributed by atoms with Gasteiger partial charge in [0.25, 0.3) is 5.69 Å². The maximum absolute atomic E-state index is 11.6. The Morgan fingerprint density at radius 2 is 2.00 bits per heavy atom. The van der Waals surface area contributed by atoms with Gasteiger partial charge in [-0.05, 0) is 56.9 Å². The number of ether oxygens (including phenoxy) is 1. The van der Waals surface area contributed by atoms with Crippen molar-refractivity contribution in [3.8, 4) is 0 Å². The highest BCUT2D eigenvalue weighted by atomic mass is 16.6. The standard InChI is InChI=1S/C20H27N3O4/c1-15-4-3-11-22(15)17-9-12-21(13-10-17)18-7-5-16(6-8-20(24)27-2)14-19(18)23(25)26/h5-8,14-15,17H,3-4,9-13H2,1-2H3/b8-6+. The number of likely N-dealkylation sites (tertiary alicyclic amines) is 1. The summed E-state index contributed by atoms with van der Waals surface area (Å²) in [4.78, 5) is 27.2. The van der Waals surface area contributed by atoms with E-state index in [2.05, 4.69) is 21.5 Å². The minimum atomic E-state index is -0.486. The van der Waals surface area contributed by atoms with E-state index in [-0.39, 0.29) is 10.6 Å². The number of nitro benzene ring substituents is 1. The first-order chi connectivity index (χ1) is 13.0. The van der Waals surface area contributed by atoms with Gasteiger partial charge in [-0.2, -0.15) is 0 Å². The molecule has 2 aliphatic rings. The third kappa shape index (κ3) is 4.47. The molecule has 0 spiro atoms. The van der Waals surface area contributed by atoms with Crippen molar-refractivity contribution in [1.29, 1.82) is 0 Å². The monoisotopic (exact) mass is 373 g/mol. The van der Waals surface area contributed by atoms with Gasteiger partial charge in [-0.25, -0.2) is 4.79 Å². The molecule has 7 nitrogen and oxygen atoms in total. The molecule has 0 radical (unpaired) electrons. The first-order valence-electron chi connectivity index (χ1n) is 9.54. The molecule has 1 aromatic carbocycles. The van der Waals surface area contributed by atoms with E-state index in [1.54, 1.807) is 12.1 Å². The number of nitro groups is 1. The first kappa shape index (κ1) is 19.4. The number of benzene rings is 1. The quantitative estimate of drug-likeness (QED) is 0.341. The number of carbonyl (C=O) groups excluding carboxylic acids is 1. The summed E-state index contributed by atoms with van der Waals surface area (Å²) in [6.45, 7) is 5.12. The first-order valence-corrected chi connectivity index (χ1v) is 9.54. The number of hydrogen-bond acceptors (Lipinski definition) is 6. The van der Waals surface area contributed by atoms with Crippen molar-refractivity contribution in [1.82, 2.24) is 4.90 Å². The van der Waals surface area contributed by atoms with Gasteiger partial charge in [0.2, 0.25) is 0 Å². The summed E-state index contributed by atoms with van der Waals surface area (Å²) < 4.78 is 4.56. The molecule has 7 heteroatoms. The predicted octanol–water partition coefficient (Wildman–Crippen LogP) is 3.23. The van der Waals surface area contributed by atoms with E-state index in [1.165, 1.54) is 44.7 Å². The third-order valence-corrected chi connectivity index (χ3v) is 5.69. The normalized spacial score (nSPS) is 21.7. The molecule has 0 aliphatic carbocycles. The highest BCUT2D eigenvalue weighted by molar-refractivity contribution is 5.87. The molecule has 1 atom stereocenters. The molecule has 0 saturated carbocycles. The molecule has 2 heterocycles. The lowest BCUT2D eigenvalue weighted by Gasteiger charge is -2.39. The molecule has 0 aromatic heterocycles. The van der Waals surface area contributed by atoms with Crippen LogP contribution < -0.4 is 4.90 Å². The lowest BCUT2D eigenvalue weighted by atomic mass is 10.0. The van der Waals surface area contributed by atoms with E-state index in [1.807, 2.05) is 0 Å². The summed E-state index contributed by atoms with van der Waals surface area (Å²) in [7, 11) is 1.30. The molecule has 3 rings (SSSR count). The van der Waals surface area contributed by atoms with Gasteiger partial charge >= 0.3 is 5.97 Å². The number of methoxy groups -OCH3 is 1. The van der Waals surface area contributed by atoms with Gasteiger partial charge in [-0.1, -0.05) is 6.07 Å². The Balaban J connectivity index is 1.72. The van der Waals surface area contributed by atoms with Crippen molar-refractivity contribution >= 4 is 23.4 Å². The van der Waals surface area contributed by atoms with Crippen LogP contribution in [0.2, 0.25) is 0 Å². The van der Waals surface area contributed by atoms with Crippen molar-refractivity contribution in [3.63, 3.8) is 0 Å². The minimum Gasteiger partial charge on any atom is -0.466 e. The Hall–Kier alpha value is -2.41. The molecule has 2 saturated heterocycles. The largest absolute Gasteiger partial charge is 0.466 e. The number of hydrogen-bond donors (Lipinski definition) is 0. The van der Waals surface area contributed by atoms with Crippen LogP contribution in [0.1, 0.15) is 38.2 Å². The van der Waals surface area contributed by atoms with Crippen LogP contribution in [0, 0.1) is 10.1 Å². The average Bonchev–Trinajstić information content (AvgIpc) is 3.12. The van der Waals surface area contributed by atoms with E-state index < -0.39 is 5.97 Å². The Morgan fingerprint density at radius 1 is 1.26 bits per heavy atom. The van der Waals surface area contributed by atoms with Crippen molar-refractivity contribution in [3.05, 3.63) is 40.0 Å². The number of nitrogens with zero attached hydrogens (tertiary/aromatic N) is 3. The summed E-state index contributed by atoms with van der Waals surface area (Å²) in [6, 6.07) is 6.34. The zero-order valence-electron chi connectivity index (χ0n) is 16.0. The Labute approximate surface area is 159 Å². The van der Waals surface area contributed by atoms with E-state index in [0.29, 0.717) is 23.3 Å². The number of piperidine rings is 1. The van der Waals surface area contributed by atoms with Crippen LogP contribution in [0.3, 0.4) is 0 Å². The van der Waals surface area contributed by atoms with Gasteiger partial charge < -0.3 is 9.64 Å². The second kappa shape index (κ2) is 8.52. The third-order valence-electron chi connectivity index (χ3n) is 5.69. The van der Waals surface area contributed by atoms with E-state index in [9.17, 15) is 14.9 Å². The van der Waals surface area contributed by atoms with Crippen LogP contribution in [0.4, 0.5) is 11.4 Å². The van der Waals surface area contributed by atoms with Gasteiger partial charge in [0.05, 0.1) is 12.0 Å². The molecule has 1 aromatic rings. The summed E-state index contributed by atoms with van der Waals surface area (Å²) in [5, 5.41) is 11.6. The van der Waals surface area contributed by atoms with Gasteiger partial charge in [-0.15, -0.1) is 0 Å². The average molecular weight is 373 g/mol. The van der Waals surface area contributed by atoms with Crippen molar-refractivity contribution in [2.75, 3.05) is 31.6 Å². The summed E-state index contributed by atoms with van der Waals surface area (Å²) in [5.41, 5.74) is 1.34. The molecule has 0 amide bonds. The minimum absolute atomic E-state index is 0.0787. The molecule has 27 heavy (non-hydrogen) atoms. The number of rotatable bonds is 5. The second-order valence-corrected chi connectivity index (χ2v) is 7.31. The number of anilines is 1. The molecule has 2 fully saturated rings. The van der Waals surface area contributed by atoms with Crippen LogP contribution in [-0.2, 0) is 9.53 Å². The Bertz CT molecular complexity index is 726. The molecule has 1 unspecified atom stereocenters. The topological polar surface area (TPSA) is 75.9 Å². The zero-order valence-corrected chi connectivity index (χ0v) is 16.0. The van der Waals surface area contributed by atoms with Gasteiger partial charge in [0.1, 0.15) is 5.69 Å². The highest BCUT2D eigenvalue weighted by Crippen LogP contribution is 2.33. The van der Waals surface area contributed by atoms with E-state index in [4.69, 9.17) is 0 Å². The van der Waals surface area contributed by atoms with Gasteiger partial charge in [-0.3, -0.25) is 15.0 Å². The Morgan fingerprint density at radius 3 is 2.59 bits per heavy atom. The van der Waals surface area contributed by atoms with Crippen LogP contribution in [-0.4, -0.2) is 54.6 Å². The predicted molar refractivity (Wildman–Crippen MR) is 105 cm³/mol. The molecule has 146 valence electrons. The number of esters is 1. The summed E-state index contributed by atoms with van der Waals surface area (Å²) in [6.07, 6.45) is 7.40. The van der Waals surface area contributed by atoms with Crippen LogP contribution in [0.25, 0.3) is 6.08 Å².